The molecule has 0 saturated heterocycles. The highest BCUT2D eigenvalue weighted by molar-refractivity contribution is 5.77. The summed E-state index contributed by atoms with van der Waals surface area (Å²) in [7, 11) is 0. The molecule has 2 aromatic rings. The Labute approximate surface area is 109 Å². The van der Waals surface area contributed by atoms with Gasteiger partial charge in [0.2, 0.25) is 0 Å². The molecular formula is C14H14FNO3. The van der Waals surface area contributed by atoms with Gasteiger partial charge in [-0.15, -0.1) is 0 Å². The van der Waals surface area contributed by atoms with Gasteiger partial charge in [-0.05, 0) is 36.1 Å². The van der Waals surface area contributed by atoms with E-state index in [1.807, 2.05) is 0 Å². The van der Waals surface area contributed by atoms with Crippen LogP contribution >= 0.6 is 0 Å². The van der Waals surface area contributed by atoms with Crippen LogP contribution in [0, 0.1) is 5.95 Å². The van der Waals surface area contributed by atoms with Gasteiger partial charge in [0.1, 0.15) is 0 Å². The number of aliphatic hydroxyl groups excluding tert-OH is 1. The van der Waals surface area contributed by atoms with Crippen LogP contribution in [0.1, 0.15) is 23.2 Å². The van der Waals surface area contributed by atoms with Gasteiger partial charge in [-0.1, -0.05) is 6.07 Å². The number of hydrogen-bond donors (Lipinski definition) is 2. The number of hydrogen-bond acceptors (Lipinski definition) is 2. The zero-order chi connectivity index (χ0) is 13.6. The van der Waals surface area contributed by atoms with Gasteiger partial charge in [0.15, 0.2) is 5.95 Å². The van der Waals surface area contributed by atoms with E-state index in [1.54, 1.807) is 12.1 Å². The second kappa shape index (κ2) is 4.35. The summed E-state index contributed by atoms with van der Waals surface area (Å²) < 4.78 is 15.4. The molecule has 19 heavy (non-hydrogen) atoms. The van der Waals surface area contributed by atoms with Crippen molar-refractivity contribution in [1.82, 2.24) is 4.40 Å². The minimum atomic E-state index is -0.925. The van der Waals surface area contributed by atoms with Gasteiger partial charge in [0.25, 0.3) is 0 Å². The summed E-state index contributed by atoms with van der Waals surface area (Å²) in [6, 6.07) is 4.66. The summed E-state index contributed by atoms with van der Waals surface area (Å²) in [5, 5.41) is 18.8. The number of carboxylic acids is 1. The van der Waals surface area contributed by atoms with Crippen LogP contribution in [0.3, 0.4) is 0 Å². The summed E-state index contributed by atoms with van der Waals surface area (Å²) >= 11 is 0. The number of fused-ring (bicyclic) bond motifs is 3. The molecule has 0 aliphatic heterocycles. The van der Waals surface area contributed by atoms with E-state index in [0.29, 0.717) is 36.0 Å². The monoisotopic (exact) mass is 263 g/mol. The number of aromatic nitrogens is 1. The van der Waals surface area contributed by atoms with Crippen molar-refractivity contribution in [3.05, 3.63) is 41.0 Å². The molecule has 0 unspecified atom stereocenters. The lowest BCUT2D eigenvalue weighted by atomic mass is 9.92. The number of aliphatic carboxylic acids is 1. The molecule has 5 heteroatoms. The van der Waals surface area contributed by atoms with Crippen LogP contribution < -0.4 is 0 Å². The average Bonchev–Trinajstić information content (AvgIpc) is 2.64. The fourth-order valence-corrected chi connectivity index (χ4v) is 2.95. The first-order valence-electron chi connectivity index (χ1n) is 6.27. The number of nitrogens with zero attached hydrogens (tertiary/aromatic N) is 1. The second-order valence-corrected chi connectivity index (χ2v) is 4.94. The standard InChI is InChI=1S/C14H14FNO3/c15-13-3-1-2-11-10(7-14(18)19)9-5-4-8(17)6-12(9)16(11)13/h1-3,8,17H,4-7H2,(H,18,19)/t8-/m0/s1. The maximum atomic E-state index is 14.0. The van der Waals surface area contributed by atoms with E-state index in [-0.39, 0.29) is 6.42 Å². The molecule has 1 atom stereocenters. The summed E-state index contributed by atoms with van der Waals surface area (Å²) in [6.07, 6.45) is 0.969. The SMILES string of the molecule is O=C(O)Cc1c2c(n3c(F)cccc13)C[C@@H](O)CC2. The minimum absolute atomic E-state index is 0.113. The van der Waals surface area contributed by atoms with E-state index in [2.05, 4.69) is 0 Å². The molecule has 3 rings (SSSR count). The summed E-state index contributed by atoms with van der Waals surface area (Å²) in [5.41, 5.74) is 2.87. The molecular weight excluding hydrogens is 249 g/mol. The van der Waals surface area contributed by atoms with Crippen molar-refractivity contribution in [1.29, 1.82) is 0 Å². The molecule has 0 saturated carbocycles. The molecule has 0 fully saturated rings. The van der Waals surface area contributed by atoms with Crippen LogP contribution in [0.5, 0.6) is 0 Å². The Morgan fingerprint density at radius 3 is 3.00 bits per heavy atom. The highest BCUT2D eigenvalue weighted by atomic mass is 19.1. The Morgan fingerprint density at radius 1 is 1.47 bits per heavy atom. The second-order valence-electron chi connectivity index (χ2n) is 4.94. The van der Waals surface area contributed by atoms with Crippen LogP contribution in [0.4, 0.5) is 4.39 Å². The fraction of sp³-hybridized carbons (Fsp3) is 0.357. The first kappa shape index (κ1) is 12.2. The molecule has 2 N–H and O–H groups in total. The number of carbonyl (C=O) groups is 1. The minimum Gasteiger partial charge on any atom is -0.481 e. The van der Waals surface area contributed by atoms with Crippen molar-refractivity contribution in [3.63, 3.8) is 0 Å². The Bertz CT molecular complexity index is 662. The zero-order valence-electron chi connectivity index (χ0n) is 10.3. The van der Waals surface area contributed by atoms with E-state index in [9.17, 15) is 14.3 Å². The predicted molar refractivity (Wildman–Crippen MR) is 66.7 cm³/mol. The summed E-state index contributed by atoms with van der Waals surface area (Å²) in [4.78, 5) is 11.0. The number of carboxylic acid groups (broad SMARTS) is 1. The maximum absolute atomic E-state index is 14.0. The molecule has 0 aromatic carbocycles. The Hall–Kier alpha value is -1.88. The van der Waals surface area contributed by atoms with Gasteiger partial charge in [-0.25, -0.2) is 0 Å². The molecule has 0 radical (unpaired) electrons. The first-order chi connectivity index (χ1) is 9.08. The van der Waals surface area contributed by atoms with Crippen molar-refractivity contribution in [2.24, 2.45) is 0 Å². The van der Waals surface area contributed by atoms with E-state index >= 15 is 0 Å². The Morgan fingerprint density at radius 2 is 2.26 bits per heavy atom. The van der Waals surface area contributed by atoms with E-state index in [4.69, 9.17) is 5.11 Å². The lowest BCUT2D eigenvalue weighted by Gasteiger charge is -2.18. The van der Waals surface area contributed by atoms with E-state index < -0.39 is 18.0 Å². The zero-order valence-corrected chi connectivity index (χ0v) is 10.3. The third-order valence-corrected chi connectivity index (χ3v) is 3.72. The van der Waals surface area contributed by atoms with Crippen molar-refractivity contribution in [2.75, 3.05) is 0 Å². The molecule has 0 spiro atoms. The topological polar surface area (TPSA) is 61.9 Å². The Balaban J connectivity index is 2.30. The van der Waals surface area contributed by atoms with Gasteiger partial charge < -0.3 is 10.2 Å². The van der Waals surface area contributed by atoms with Crippen molar-refractivity contribution in [2.45, 2.75) is 31.8 Å². The summed E-state index contributed by atoms with van der Waals surface area (Å²) in [6.45, 7) is 0. The van der Waals surface area contributed by atoms with Gasteiger partial charge in [0.05, 0.1) is 18.0 Å². The molecule has 0 amide bonds. The molecule has 100 valence electrons. The van der Waals surface area contributed by atoms with Crippen molar-refractivity contribution >= 4 is 11.5 Å². The lowest BCUT2D eigenvalue weighted by molar-refractivity contribution is -0.136. The van der Waals surface area contributed by atoms with Crippen LogP contribution in [0.2, 0.25) is 0 Å². The first-order valence-corrected chi connectivity index (χ1v) is 6.27. The number of halogens is 1. The molecule has 1 aliphatic carbocycles. The van der Waals surface area contributed by atoms with Crippen LogP contribution in [-0.4, -0.2) is 26.7 Å². The third-order valence-electron chi connectivity index (χ3n) is 3.72. The average molecular weight is 263 g/mol. The van der Waals surface area contributed by atoms with Crippen molar-refractivity contribution in [3.8, 4) is 0 Å². The van der Waals surface area contributed by atoms with E-state index in [0.717, 1.165) is 5.56 Å². The smallest absolute Gasteiger partial charge is 0.307 e. The van der Waals surface area contributed by atoms with E-state index in [1.165, 1.54) is 10.5 Å². The largest absolute Gasteiger partial charge is 0.481 e. The third kappa shape index (κ3) is 1.90. The predicted octanol–water partition coefficient (Wildman–Crippen LogP) is 1.56. The lowest BCUT2D eigenvalue weighted by Crippen LogP contribution is -2.20. The van der Waals surface area contributed by atoms with Crippen LogP contribution in [-0.2, 0) is 24.1 Å². The van der Waals surface area contributed by atoms with Gasteiger partial charge in [-0.3, -0.25) is 9.20 Å². The number of pyridine rings is 1. The Kier molecular flexibility index (Phi) is 2.78. The molecule has 2 heterocycles. The molecule has 1 aliphatic rings. The highest BCUT2D eigenvalue weighted by Crippen LogP contribution is 2.31. The van der Waals surface area contributed by atoms with Crippen LogP contribution in [0.25, 0.3) is 5.52 Å². The molecule has 0 bridgehead atoms. The highest BCUT2D eigenvalue weighted by Gasteiger charge is 2.26. The van der Waals surface area contributed by atoms with Gasteiger partial charge >= 0.3 is 5.97 Å². The summed E-state index contributed by atoms with van der Waals surface area (Å²) in [5.74, 6) is -1.34. The normalized spacial score (nSPS) is 18.5. The fourth-order valence-electron chi connectivity index (χ4n) is 2.95. The molecule has 2 aromatic heterocycles. The van der Waals surface area contributed by atoms with Gasteiger partial charge in [-0.2, -0.15) is 4.39 Å². The van der Waals surface area contributed by atoms with Crippen molar-refractivity contribution < 1.29 is 19.4 Å². The maximum Gasteiger partial charge on any atom is 0.307 e. The number of rotatable bonds is 2. The number of aliphatic hydroxyl groups is 1. The van der Waals surface area contributed by atoms with Gasteiger partial charge in [0, 0.05) is 12.1 Å². The van der Waals surface area contributed by atoms with Crippen LogP contribution in [0.15, 0.2) is 18.2 Å². The molecule has 4 nitrogen and oxygen atoms in total. The quantitative estimate of drug-likeness (QED) is 0.808.